The van der Waals surface area contributed by atoms with Crippen LogP contribution in [0.5, 0.6) is 0 Å². The minimum absolute atomic E-state index is 0.0365. The molecule has 0 bridgehead atoms. The number of amides is 2. The van der Waals surface area contributed by atoms with Gasteiger partial charge in [0, 0.05) is 37.9 Å². The molecule has 0 saturated carbocycles. The van der Waals surface area contributed by atoms with Gasteiger partial charge >= 0.3 is 0 Å². The molecule has 2 amide bonds. The average molecular weight is 408 g/mol. The van der Waals surface area contributed by atoms with Crippen LogP contribution in [-0.4, -0.2) is 62.1 Å². The van der Waals surface area contributed by atoms with Crippen molar-refractivity contribution in [2.24, 2.45) is 0 Å². The zero-order valence-electron chi connectivity index (χ0n) is 17.5. The molecule has 0 unspecified atom stereocenters. The number of hydrogen-bond acceptors (Lipinski definition) is 4. The van der Waals surface area contributed by atoms with Gasteiger partial charge in [-0.2, -0.15) is 0 Å². The molecule has 2 aliphatic rings. The minimum Gasteiger partial charge on any atom is -0.363 e. The highest BCUT2D eigenvalue weighted by Gasteiger charge is 2.42. The molecule has 30 heavy (non-hydrogen) atoms. The summed E-state index contributed by atoms with van der Waals surface area (Å²) in [5, 5.41) is 2.65. The quantitative estimate of drug-likeness (QED) is 0.827. The molecule has 2 saturated heterocycles. The van der Waals surface area contributed by atoms with E-state index in [9.17, 15) is 9.59 Å². The van der Waals surface area contributed by atoms with Crippen molar-refractivity contribution >= 4 is 17.5 Å². The summed E-state index contributed by atoms with van der Waals surface area (Å²) in [5.74, 6) is -0.0205. The normalized spacial score (nSPS) is 19.1. The molecule has 158 valence electrons. The summed E-state index contributed by atoms with van der Waals surface area (Å²) in [7, 11) is 1.64. The van der Waals surface area contributed by atoms with E-state index in [0.29, 0.717) is 12.1 Å². The molecule has 2 aliphatic heterocycles. The fourth-order valence-corrected chi connectivity index (χ4v) is 4.30. The van der Waals surface area contributed by atoms with E-state index in [0.717, 1.165) is 44.6 Å². The molecule has 2 aromatic rings. The molecule has 1 N–H and O–H groups in total. The van der Waals surface area contributed by atoms with Gasteiger partial charge in [0.2, 0.25) is 0 Å². The Kier molecular flexibility index (Phi) is 6.16. The van der Waals surface area contributed by atoms with Crippen LogP contribution in [0.2, 0.25) is 0 Å². The highest BCUT2D eigenvalue weighted by Crippen LogP contribution is 2.32. The summed E-state index contributed by atoms with van der Waals surface area (Å²) in [5.41, 5.74) is 2.63. The highest BCUT2D eigenvalue weighted by molar-refractivity contribution is 5.95. The first-order chi connectivity index (χ1) is 14.6. The lowest BCUT2D eigenvalue weighted by atomic mass is 9.89. The zero-order valence-corrected chi connectivity index (χ0v) is 17.5. The Balaban J connectivity index is 1.30. The number of nitrogens with zero attached hydrogens (tertiary/aromatic N) is 2. The second-order valence-electron chi connectivity index (χ2n) is 8.15. The second-order valence-corrected chi connectivity index (χ2v) is 8.15. The summed E-state index contributed by atoms with van der Waals surface area (Å²) < 4.78 is 6.07. The van der Waals surface area contributed by atoms with Gasteiger partial charge in [0.05, 0.1) is 12.1 Å². The van der Waals surface area contributed by atoms with E-state index in [2.05, 4.69) is 10.2 Å². The fourth-order valence-electron chi connectivity index (χ4n) is 4.30. The van der Waals surface area contributed by atoms with Gasteiger partial charge in [0.1, 0.15) is 6.61 Å². The van der Waals surface area contributed by atoms with Crippen molar-refractivity contribution in [3.8, 4) is 0 Å². The number of carbonyl (C=O) groups excluding carboxylic acids is 2. The summed E-state index contributed by atoms with van der Waals surface area (Å²) in [4.78, 5) is 28.4. The van der Waals surface area contributed by atoms with Gasteiger partial charge in [-0.25, -0.2) is 0 Å². The maximum absolute atomic E-state index is 12.4. The first kappa shape index (κ1) is 20.6. The number of para-hydroxylation sites is 1. The van der Waals surface area contributed by atoms with Gasteiger partial charge in [-0.05, 0) is 49.1 Å². The molecule has 2 fully saturated rings. The Morgan fingerprint density at radius 3 is 2.43 bits per heavy atom. The van der Waals surface area contributed by atoms with Crippen molar-refractivity contribution in [1.29, 1.82) is 0 Å². The lowest BCUT2D eigenvalue weighted by Gasteiger charge is -2.47. The SMILES string of the molecule is CNC(=O)c1ccc(CCN2CCC3(CC2)CN(c2ccccc2)C(=O)CO3)cc1. The van der Waals surface area contributed by atoms with Gasteiger partial charge < -0.3 is 19.9 Å². The van der Waals surface area contributed by atoms with Gasteiger partial charge in [0.15, 0.2) is 0 Å². The number of ether oxygens (including phenoxy) is 1. The molecular weight excluding hydrogens is 378 g/mol. The van der Waals surface area contributed by atoms with E-state index in [-0.39, 0.29) is 24.0 Å². The Hall–Kier alpha value is -2.70. The van der Waals surface area contributed by atoms with Gasteiger partial charge in [0.25, 0.3) is 11.8 Å². The summed E-state index contributed by atoms with van der Waals surface area (Å²) >= 11 is 0. The van der Waals surface area contributed by atoms with Crippen molar-refractivity contribution in [1.82, 2.24) is 10.2 Å². The first-order valence-electron chi connectivity index (χ1n) is 10.6. The smallest absolute Gasteiger partial charge is 0.253 e. The topological polar surface area (TPSA) is 61.9 Å². The van der Waals surface area contributed by atoms with Crippen molar-refractivity contribution in [2.45, 2.75) is 24.9 Å². The van der Waals surface area contributed by atoms with Crippen LogP contribution in [-0.2, 0) is 16.0 Å². The van der Waals surface area contributed by atoms with Crippen molar-refractivity contribution in [3.05, 3.63) is 65.7 Å². The van der Waals surface area contributed by atoms with E-state index in [1.807, 2.05) is 59.5 Å². The Morgan fingerprint density at radius 1 is 1.07 bits per heavy atom. The lowest BCUT2D eigenvalue weighted by molar-refractivity contribution is -0.144. The number of carbonyl (C=O) groups is 2. The maximum Gasteiger partial charge on any atom is 0.253 e. The van der Waals surface area contributed by atoms with E-state index in [1.54, 1.807) is 7.05 Å². The molecule has 2 heterocycles. The molecule has 0 radical (unpaired) electrons. The maximum atomic E-state index is 12.4. The molecule has 6 heteroatoms. The van der Waals surface area contributed by atoms with Crippen molar-refractivity contribution in [2.75, 3.05) is 44.7 Å². The molecule has 0 aromatic heterocycles. The van der Waals surface area contributed by atoms with E-state index < -0.39 is 0 Å². The zero-order chi connectivity index (χ0) is 21.0. The van der Waals surface area contributed by atoms with Gasteiger partial charge in [-0.15, -0.1) is 0 Å². The molecule has 1 spiro atoms. The lowest BCUT2D eigenvalue weighted by Crippen LogP contribution is -2.59. The fraction of sp³-hybridized carbons (Fsp3) is 0.417. The van der Waals surface area contributed by atoms with E-state index >= 15 is 0 Å². The molecular formula is C24H29N3O3. The average Bonchev–Trinajstić information content (AvgIpc) is 2.81. The first-order valence-corrected chi connectivity index (χ1v) is 10.6. The Bertz CT molecular complexity index is 874. The predicted molar refractivity (Wildman–Crippen MR) is 117 cm³/mol. The summed E-state index contributed by atoms with van der Waals surface area (Å²) in [6.07, 6.45) is 2.81. The van der Waals surface area contributed by atoms with Crippen LogP contribution in [0.4, 0.5) is 5.69 Å². The number of benzene rings is 2. The predicted octanol–water partition coefficient (Wildman–Crippen LogP) is 2.49. The minimum atomic E-state index is -0.241. The number of likely N-dealkylation sites (tertiary alicyclic amines) is 1. The third-order valence-corrected chi connectivity index (χ3v) is 6.24. The number of piperidine rings is 1. The third-order valence-electron chi connectivity index (χ3n) is 6.24. The summed E-state index contributed by atoms with van der Waals surface area (Å²) in [6, 6.07) is 17.7. The molecule has 0 aliphatic carbocycles. The van der Waals surface area contributed by atoms with E-state index in [4.69, 9.17) is 4.74 Å². The number of anilines is 1. The van der Waals surface area contributed by atoms with Crippen molar-refractivity contribution in [3.63, 3.8) is 0 Å². The second kappa shape index (κ2) is 8.98. The van der Waals surface area contributed by atoms with Crippen LogP contribution < -0.4 is 10.2 Å². The van der Waals surface area contributed by atoms with Crippen LogP contribution in [0.3, 0.4) is 0 Å². The molecule has 6 nitrogen and oxygen atoms in total. The van der Waals surface area contributed by atoms with Crippen LogP contribution >= 0.6 is 0 Å². The highest BCUT2D eigenvalue weighted by atomic mass is 16.5. The molecule has 0 atom stereocenters. The van der Waals surface area contributed by atoms with Crippen molar-refractivity contribution < 1.29 is 14.3 Å². The Labute approximate surface area is 177 Å². The van der Waals surface area contributed by atoms with Crippen LogP contribution in [0.25, 0.3) is 0 Å². The Morgan fingerprint density at radius 2 is 1.77 bits per heavy atom. The molecule has 2 aromatic carbocycles. The monoisotopic (exact) mass is 407 g/mol. The standard InChI is InChI=1S/C24H29N3O3/c1-25-23(29)20-9-7-19(8-10-20)11-14-26-15-12-24(13-16-26)18-27(22(28)17-30-24)21-5-3-2-4-6-21/h2-10H,11-18H2,1H3,(H,25,29). The summed E-state index contributed by atoms with van der Waals surface area (Å²) in [6.45, 7) is 3.70. The number of morpholine rings is 1. The van der Waals surface area contributed by atoms with Gasteiger partial charge in [-0.3, -0.25) is 9.59 Å². The van der Waals surface area contributed by atoms with Crippen LogP contribution in [0, 0.1) is 0 Å². The van der Waals surface area contributed by atoms with Gasteiger partial charge in [-0.1, -0.05) is 30.3 Å². The number of nitrogens with one attached hydrogen (secondary N) is 1. The van der Waals surface area contributed by atoms with Crippen LogP contribution in [0.15, 0.2) is 54.6 Å². The van der Waals surface area contributed by atoms with E-state index in [1.165, 1.54) is 5.56 Å². The number of hydrogen-bond donors (Lipinski definition) is 1. The largest absolute Gasteiger partial charge is 0.363 e. The van der Waals surface area contributed by atoms with Crippen LogP contribution in [0.1, 0.15) is 28.8 Å². The molecule has 4 rings (SSSR count). The third kappa shape index (κ3) is 4.55. The number of rotatable bonds is 5.